The van der Waals surface area contributed by atoms with Crippen molar-refractivity contribution < 1.29 is 13.9 Å². The van der Waals surface area contributed by atoms with Crippen LogP contribution < -0.4 is 4.74 Å². The average molecular weight is 354 g/mol. The molecule has 3 rings (SSSR count). The van der Waals surface area contributed by atoms with Crippen molar-refractivity contribution in [1.29, 1.82) is 0 Å². The summed E-state index contributed by atoms with van der Waals surface area (Å²) in [5.41, 5.74) is 2.58. The third-order valence-electron chi connectivity index (χ3n) is 3.80. The van der Waals surface area contributed by atoms with E-state index in [1.165, 1.54) is 11.8 Å². The zero-order valence-corrected chi connectivity index (χ0v) is 15.0. The smallest absolute Gasteiger partial charge is 0.277 e. The van der Waals surface area contributed by atoms with Crippen LogP contribution in [-0.2, 0) is 0 Å². The molecule has 25 heavy (non-hydrogen) atoms. The van der Waals surface area contributed by atoms with Crippen molar-refractivity contribution in [2.45, 2.75) is 24.3 Å². The Labute approximate surface area is 150 Å². The lowest BCUT2D eigenvalue weighted by Crippen LogP contribution is -2.13. The topological polar surface area (TPSA) is 65.2 Å². The van der Waals surface area contributed by atoms with Gasteiger partial charge in [-0.15, -0.1) is 10.2 Å². The lowest BCUT2D eigenvalue weighted by atomic mass is 10.1. The molecular formula is C19H18N2O3S. The highest BCUT2D eigenvalue weighted by Crippen LogP contribution is 2.29. The summed E-state index contributed by atoms with van der Waals surface area (Å²) in [6.45, 7) is 3.82. The molecule has 0 saturated carbocycles. The number of methoxy groups -OCH3 is 1. The van der Waals surface area contributed by atoms with Crippen molar-refractivity contribution in [3.8, 4) is 17.2 Å². The van der Waals surface area contributed by atoms with Gasteiger partial charge in [-0.2, -0.15) is 0 Å². The predicted molar refractivity (Wildman–Crippen MR) is 97.1 cm³/mol. The highest BCUT2D eigenvalue weighted by atomic mass is 32.2. The molecule has 0 fully saturated rings. The van der Waals surface area contributed by atoms with E-state index in [2.05, 4.69) is 10.2 Å². The molecule has 3 aromatic rings. The molecule has 2 aromatic carbocycles. The molecule has 0 amide bonds. The van der Waals surface area contributed by atoms with E-state index in [0.717, 1.165) is 16.9 Å². The molecule has 1 aromatic heterocycles. The van der Waals surface area contributed by atoms with Crippen LogP contribution in [-0.4, -0.2) is 28.3 Å². The van der Waals surface area contributed by atoms with E-state index in [9.17, 15) is 4.79 Å². The molecule has 0 radical (unpaired) electrons. The Morgan fingerprint density at radius 1 is 1.12 bits per heavy atom. The zero-order valence-electron chi connectivity index (χ0n) is 14.2. The van der Waals surface area contributed by atoms with Crippen LogP contribution in [0.3, 0.4) is 0 Å². The summed E-state index contributed by atoms with van der Waals surface area (Å²) in [6, 6.07) is 14.9. The van der Waals surface area contributed by atoms with Crippen LogP contribution in [0.4, 0.5) is 0 Å². The van der Waals surface area contributed by atoms with E-state index >= 15 is 0 Å². The molecule has 0 aliphatic carbocycles. The highest BCUT2D eigenvalue weighted by molar-refractivity contribution is 8.00. The lowest BCUT2D eigenvalue weighted by molar-refractivity contribution is 0.0993. The van der Waals surface area contributed by atoms with Crippen LogP contribution in [0.15, 0.2) is 58.2 Å². The number of rotatable bonds is 6. The number of carbonyl (C=O) groups excluding carboxylic acids is 1. The van der Waals surface area contributed by atoms with Gasteiger partial charge in [-0.3, -0.25) is 4.79 Å². The van der Waals surface area contributed by atoms with Crippen LogP contribution in [0.5, 0.6) is 5.75 Å². The SMILES string of the molecule is COc1ccc(C(=O)[C@H](C)Sc2nnc(-c3ccccc3C)o2)cc1. The minimum Gasteiger partial charge on any atom is -0.497 e. The number of aromatic nitrogens is 2. The monoisotopic (exact) mass is 354 g/mol. The third kappa shape index (κ3) is 3.91. The van der Waals surface area contributed by atoms with Crippen molar-refractivity contribution >= 4 is 17.5 Å². The van der Waals surface area contributed by atoms with Crippen LogP contribution in [0.25, 0.3) is 11.5 Å². The molecule has 1 heterocycles. The second kappa shape index (κ2) is 7.53. The van der Waals surface area contributed by atoms with Gasteiger partial charge in [-0.25, -0.2) is 0 Å². The minimum atomic E-state index is -0.335. The minimum absolute atomic E-state index is 0.00305. The molecule has 1 atom stereocenters. The first-order valence-corrected chi connectivity index (χ1v) is 8.71. The van der Waals surface area contributed by atoms with Crippen LogP contribution >= 0.6 is 11.8 Å². The number of ether oxygens (including phenoxy) is 1. The summed E-state index contributed by atoms with van der Waals surface area (Å²) in [4.78, 5) is 12.5. The number of aryl methyl sites for hydroxylation is 1. The van der Waals surface area contributed by atoms with Gasteiger partial charge >= 0.3 is 0 Å². The van der Waals surface area contributed by atoms with Gasteiger partial charge in [0.2, 0.25) is 5.89 Å². The van der Waals surface area contributed by atoms with Gasteiger partial charge in [0.15, 0.2) is 5.78 Å². The highest BCUT2D eigenvalue weighted by Gasteiger charge is 2.20. The van der Waals surface area contributed by atoms with Crippen LogP contribution in [0, 0.1) is 6.92 Å². The first-order valence-electron chi connectivity index (χ1n) is 7.83. The van der Waals surface area contributed by atoms with Crippen molar-refractivity contribution in [2.24, 2.45) is 0 Å². The Morgan fingerprint density at radius 2 is 1.84 bits per heavy atom. The van der Waals surface area contributed by atoms with Crippen LogP contribution in [0.1, 0.15) is 22.8 Å². The third-order valence-corrected chi connectivity index (χ3v) is 4.74. The maximum Gasteiger partial charge on any atom is 0.277 e. The van der Waals surface area contributed by atoms with E-state index in [-0.39, 0.29) is 11.0 Å². The predicted octanol–water partition coefficient (Wildman–Crippen LogP) is 4.42. The fourth-order valence-electron chi connectivity index (χ4n) is 2.37. The number of hydrogen-bond acceptors (Lipinski definition) is 6. The van der Waals surface area contributed by atoms with Crippen molar-refractivity contribution in [3.05, 3.63) is 59.7 Å². The molecular weight excluding hydrogens is 336 g/mol. The lowest BCUT2D eigenvalue weighted by Gasteiger charge is -2.08. The van der Waals surface area contributed by atoms with Gasteiger partial charge in [-0.1, -0.05) is 30.0 Å². The largest absolute Gasteiger partial charge is 0.497 e. The fourth-order valence-corrected chi connectivity index (χ4v) is 3.13. The normalized spacial score (nSPS) is 12.0. The molecule has 0 spiro atoms. The Hall–Kier alpha value is -2.60. The van der Waals surface area contributed by atoms with Gasteiger partial charge in [0, 0.05) is 11.1 Å². The molecule has 0 aliphatic heterocycles. The maximum absolute atomic E-state index is 12.5. The molecule has 0 unspecified atom stereocenters. The van der Waals surface area contributed by atoms with E-state index in [0.29, 0.717) is 16.7 Å². The number of hydrogen-bond donors (Lipinski definition) is 0. The molecule has 0 saturated heterocycles. The molecule has 5 nitrogen and oxygen atoms in total. The zero-order chi connectivity index (χ0) is 17.8. The molecule has 128 valence electrons. The summed E-state index contributed by atoms with van der Waals surface area (Å²) in [7, 11) is 1.59. The number of nitrogens with zero attached hydrogens (tertiary/aromatic N) is 2. The second-order valence-electron chi connectivity index (χ2n) is 5.54. The van der Waals surface area contributed by atoms with Crippen LogP contribution in [0.2, 0.25) is 0 Å². The van der Waals surface area contributed by atoms with Gasteiger partial charge in [0.25, 0.3) is 5.22 Å². The van der Waals surface area contributed by atoms with E-state index in [1.54, 1.807) is 31.4 Å². The van der Waals surface area contributed by atoms with E-state index in [1.807, 2.05) is 38.1 Å². The van der Waals surface area contributed by atoms with E-state index in [4.69, 9.17) is 9.15 Å². The number of benzene rings is 2. The fraction of sp³-hybridized carbons (Fsp3) is 0.211. The quantitative estimate of drug-likeness (QED) is 0.482. The number of ketones is 1. The summed E-state index contributed by atoms with van der Waals surface area (Å²) < 4.78 is 10.8. The number of Topliss-reactive ketones (excluding diaryl/α,β-unsaturated/α-hetero) is 1. The molecule has 0 bridgehead atoms. The van der Waals surface area contributed by atoms with Crippen molar-refractivity contribution in [1.82, 2.24) is 10.2 Å². The van der Waals surface area contributed by atoms with Gasteiger partial charge < -0.3 is 9.15 Å². The van der Waals surface area contributed by atoms with Gasteiger partial charge in [-0.05, 0) is 49.7 Å². The Morgan fingerprint density at radius 3 is 2.52 bits per heavy atom. The second-order valence-corrected chi connectivity index (χ2v) is 6.83. The van der Waals surface area contributed by atoms with Crippen molar-refractivity contribution in [3.63, 3.8) is 0 Å². The first-order chi connectivity index (χ1) is 12.1. The number of carbonyl (C=O) groups is 1. The standard InChI is InChI=1S/C19H18N2O3S/c1-12-6-4-5-7-16(12)18-20-21-19(24-18)25-13(2)17(22)14-8-10-15(23-3)11-9-14/h4-11,13H,1-3H3/t13-/m0/s1. The Bertz CT molecular complexity index is 874. The molecule has 0 aliphatic rings. The average Bonchev–Trinajstić information content (AvgIpc) is 3.09. The summed E-state index contributed by atoms with van der Waals surface area (Å²) >= 11 is 1.26. The first kappa shape index (κ1) is 17.2. The van der Waals surface area contributed by atoms with Gasteiger partial charge in [0.1, 0.15) is 5.75 Å². The maximum atomic E-state index is 12.5. The molecule has 6 heteroatoms. The summed E-state index contributed by atoms with van der Waals surface area (Å²) in [5, 5.41) is 8.19. The van der Waals surface area contributed by atoms with Gasteiger partial charge in [0.05, 0.1) is 12.4 Å². The molecule has 0 N–H and O–H groups in total. The summed E-state index contributed by atoms with van der Waals surface area (Å²) in [5.74, 6) is 1.18. The Kier molecular flexibility index (Phi) is 5.19. The summed E-state index contributed by atoms with van der Waals surface area (Å²) in [6.07, 6.45) is 0. The van der Waals surface area contributed by atoms with E-state index < -0.39 is 0 Å². The Balaban J connectivity index is 1.71. The number of thioether (sulfide) groups is 1. The van der Waals surface area contributed by atoms with Crippen molar-refractivity contribution in [2.75, 3.05) is 7.11 Å².